The van der Waals surface area contributed by atoms with E-state index in [-0.39, 0.29) is 12.3 Å². The number of hydrogen-bond donors (Lipinski definition) is 4. The van der Waals surface area contributed by atoms with Gasteiger partial charge in [-0.25, -0.2) is 5.06 Å². The summed E-state index contributed by atoms with van der Waals surface area (Å²) in [7, 11) is 1.39. The molecule has 8 heteroatoms. The zero-order valence-electron chi connectivity index (χ0n) is 14.7. The lowest BCUT2D eigenvalue weighted by atomic mass is 9.84. The van der Waals surface area contributed by atoms with Crippen molar-refractivity contribution in [2.45, 2.75) is 53.2 Å². The average Bonchev–Trinajstić information content (AvgIpc) is 2.41. The summed E-state index contributed by atoms with van der Waals surface area (Å²) in [6.45, 7) is 8.66. The molecule has 0 fully saturated rings. The number of hydrogen-bond acceptors (Lipinski definition) is 5. The van der Waals surface area contributed by atoms with Gasteiger partial charge in [-0.15, -0.1) is 0 Å². The number of hydroxylamine groups is 2. The lowest BCUT2D eigenvalue weighted by Gasteiger charge is -2.36. The van der Waals surface area contributed by atoms with Crippen molar-refractivity contribution < 1.29 is 24.7 Å². The van der Waals surface area contributed by atoms with E-state index in [9.17, 15) is 24.7 Å². The summed E-state index contributed by atoms with van der Waals surface area (Å²) in [5.41, 5.74) is 4.32. The molecule has 0 aliphatic rings. The van der Waals surface area contributed by atoms with Crippen molar-refractivity contribution in [1.82, 2.24) is 10.4 Å². The molecule has 3 atom stereocenters. The minimum atomic E-state index is -1.73. The first kappa shape index (κ1) is 21.3. The van der Waals surface area contributed by atoms with Crippen molar-refractivity contribution in [2.24, 2.45) is 23.0 Å². The monoisotopic (exact) mass is 331 g/mol. The van der Waals surface area contributed by atoms with Crippen LogP contribution in [0.2, 0.25) is 0 Å². The highest BCUT2D eigenvalue weighted by Crippen LogP contribution is 2.27. The molecule has 0 saturated heterocycles. The van der Waals surface area contributed by atoms with Gasteiger partial charge >= 0.3 is 0 Å². The van der Waals surface area contributed by atoms with E-state index in [1.165, 1.54) is 7.05 Å². The van der Waals surface area contributed by atoms with E-state index < -0.39 is 41.2 Å². The number of nitrogens with one attached hydrogen (secondary N) is 1. The Labute approximate surface area is 137 Å². The van der Waals surface area contributed by atoms with E-state index in [0.717, 1.165) is 0 Å². The third-order valence-electron chi connectivity index (χ3n) is 3.50. The van der Waals surface area contributed by atoms with Gasteiger partial charge < -0.3 is 16.2 Å². The maximum Gasteiger partial charge on any atom is 0.252 e. The van der Waals surface area contributed by atoms with Gasteiger partial charge in [-0.1, -0.05) is 34.6 Å². The van der Waals surface area contributed by atoms with Gasteiger partial charge in [0.2, 0.25) is 11.8 Å². The molecule has 3 amide bonds. The van der Waals surface area contributed by atoms with Crippen LogP contribution in [-0.2, 0) is 14.4 Å². The molecule has 8 nitrogen and oxygen atoms in total. The minimum Gasteiger partial charge on any atom is -0.382 e. The number of aliphatic hydroxyl groups excluding tert-OH is 1. The second-order valence-electron chi connectivity index (χ2n) is 7.15. The van der Waals surface area contributed by atoms with E-state index in [0.29, 0.717) is 5.06 Å². The van der Waals surface area contributed by atoms with Gasteiger partial charge in [-0.3, -0.25) is 19.6 Å². The predicted octanol–water partition coefficient (Wildman–Crippen LogP) is -0.127. The van der Waals surface area contributed by atoms with Gasteiger partial charge in [0.05, 0.1) is 5.92 Å². The van der Waals surface area contributed by atoms with Gasteiger partial charge in [0.15, 0.2) is 0 Å². The van der Waals surface area contributed by atoms with Gasteiger partial charge in [0.1, 0.15) is 12.1 Å². The number of nitrogens with two attached hydrogens (primary N) is 1. The summed E-state index contributed by atoms with van der Waals surface area (Å²) in [6.07, 6.45) is -1.59. The van der Waals surface area contributed by atoms with Gasteiger partial charge in [-0.2, -0.15) is 0 Å². The van der Waals surface area contributed by atoms with E-state index in [1.807, 2.05) is 0 Å². The molecular weight excluding hydrogens is 302 g/mol. The van der Waals surface area contributed by atoms with Crippen LogP contribution in [0.5, 0.6) is 0 Å². The fourth-order valence-corrected chi connectivity index (χ4v) is 2.38. The number of rotatable bonds is 7. The van der Waals surface area contributed by atoms with Crippen LogP contribution in [0, 0.1) is 17.3 Å². The molecule has 0 bridgehead atoms. The quantitative estimate of drug-likeness (QED) is 0.381. The number of carbonyl (C=O) groups excluding carboxylic acids is 3. The first-order valence-electron chi connectivity index (χ1n) is 7.55. The van der Waals surface area contributed by atoms with Crippen molar-refractivity contribution in [3.05, 3.63) is 0 Å². The molecule has 0 spiro atoms. The molecule has 23 heavy (non-hydrogen) atoms. The van der Waals surface area contributed by atoms with Crippen LogP contribution >= 0.6 is 0 Å². The molecule has 5 N–H and O–H groups in total. The Bertz CT molecular complexity index is 445. The summed E-state index contributed by atoms with van der Waals surface area (Å²) in [5, 5.41) is 22.9. The highest BCUT2D eigenvalue weighted by Gasteiger charge is 2.43. The first-order chi connectivity index (χ1) is 10.3. The number of nitrogens with zero attached hydrogens (tertiary/aromatic N) is 1. The van der Waals surface area contributed by atoms with Crippen LogP contribution in [0.3, 0.4) is 0 Å². The highest BCUT2D eigenvalue weighted by molar-refractivity contribution is 5.91. The fraction of sp³-hybridized carbons (Fsp3) is 0.800. The summed E-state index contributed by atoms with van der Waals surface area (Å²) in [4.78, 5) is 35.8. The molecule has 0 saturated carbocycles. The molecule has 0 aromatic carbocycles. The van der Waals surface area contributed by atoms with Crippen molar-refractivity contribution in [2.75, 3.05) is 7.05 Å². The lowest BCUT2D eigenvalue weighted by Crippen LogP contribution is -2.57. The first-order valence-corrected chi connectivity index (χ1v) is 7.55. The smallest absolute Gasteiger partial charge is 0.252 e. The predicted molar refractivity (Wildman–Crippen MR) is 84.1 cm³/mol. The maximum absolute atomic E-state index is 12.6. The van der Waals surface area contributed by atoms with Crippen LogP contribution in [-0.4, -0.2) is 52.3 Å². The summed E-state index contributed by atoms with van der Waals surface area (Å²) >= 11 is 0. The molecule has 0 aliphatic carbocycles. The number of carbonyl (C=O) groups is 3. The molecule has 0 heterocycles. The normalized spacial score (nSPS) is 15.7. The molecular formula is C15H29N3O5. The molecule has 0 radical (unpaired) electrons. The third-order valence-corrected chi connectivity index (χ3v) is 3.50. The zero-order chi connectivity index (χ0) is 18.5. The van der Waals surface area contributed by atoms with Crippen molar-refractivity contribution in [1.29, 1.82) is 0 Å². The number of likely N-dealkylation sites (N-methyl/N-ethyl adjacent to an activating group) is 1. The van der Waals surface area contributed by atoms with Crippen molar-refractivity contribution in [3.8, 4) is 0 Å². The SMILES string of the molecule is CNC(=O)[C@@H](N(O)C(=O)C(CC(C)C)C(O)C(N)=O)C(C)(C)C. The largest absolute Gasteiger partial charge is 0.382 e. The lowest BCUT2D eigenvalue weighted by molar-refractivity contribution is -0.196. The van der Waals surface area contributed by atoms with Crippen LogP contribution in [0.25, 0.3) is 0 Å². The standard InChI is InChI=1S/C15H29N3O5/c1-8(2)7-9(10(19)12(16)20)14(22)18(23)11(13(21)17-6)15(3,4)5/h8-11,19,23H,7H2,1-6H3,(H2,16,20)(H,17,21)/t9?,10?,11-/m1/s1. The average molecular weight is 331 g/mol. The van der Waals surface area contributed by atoms with E-state index >= 15 is 0 Å². The van der Waals surface area contributed by atoms with E-state index in [4.69, 9.17) is 5.73 Å². The molecule has 0 rings (SSSR count). The molecule has 2 unspecified atom stereocenters. The second-order valence-corrected chi connectivity index (χ2v) is 7.15. The summed E-state index contributed by atoms with van der Waals surface area (Å²) in [6, 6.07) is -1.17. The van der Waals surface area contributed by atoms with E-state index in [1.54, 1.807) is 34.6 Å². The highest BCUT2D eigenvalue weighted by atomic mass is 16.5. The number of primary amides is 1. The van der Waals surface area contributed by atoms with Crippen LogP contribution in [0.1, 0.15) is 41.0 Å². The summed E-state index contributed by atoms with van der Waals surface area (Å²) in [5.74, 6) is -3.75. The molecule has 0 aliphatic heterocycles. The Balaban J connectivity index is 5.61. The van der Waals surface area contributed by atoms with Gasteiger partial charge in [0.25, 0.3) is 5.91 Å². The number of amides is 3. The third kappa shape index (κ3) is 5.80. The van der Waals surface area contributed by atoms with Crippen LogP contribution < -0.4 is 11.1 Å². The molecule has 134 valence electrons. The fourth-order valence-electron chi connectivity index (χ4n) is 2.38. The second kappa shape index (κ2) is 8.26. The zero-order valence-corrected chi connectivity index (χ0v) is 14.7. The van der Waals surface area contributed by atoms with Gasteiger partial charge in [0, 0.05) is 7.05 Å². The van der Waals surface area contributed by atoms with E-state index in [2.05, 4.69) is 5.32 Å². The van der Waals surface area contributed by atoms with Crippen molar-refractivity contribution >= 4 is 17.7 Å². The Morgan fingerprint density at radius 3 is 2.00 bits per heavy atom. The van der Waals surface area contributed by atoms with Crippen LogP contribution in [0.15, 0.2) is 0 Å². The molecule has 0 aromatic rings. The summed E-state index contributed by atoms with van der Waals surface area (Å²) < 4.78 is 0. The maximum atomic E-state index is 12.6. The minimum absolute atomic E-state index is 0.0283. The molecule has 0 aromatic heterocycles. The Hall–Kier alpha value is -1.67. The van der Waals surface area contributed by atoms with Gasteiger partial charge in [-0.05, 0) is 17.8 Å². The van der Waals surface area contributed by atoms with Crippen molar-refractivity contribution in [3.63, 3.8) is 0 Å². The Kier molecular flexibility index (Phi) is 7.66. The van der Waals surface area contributed by atoms with Crippen LogP contribution in [0.4, 0.5) is 0 Å². The Morgan fingerprint density at radius 1 is 1.22 bits per heavy atom. The topological polar surface area (TPSA) is 133 Å². The number of aliphatic hydroxyl groups is 1. The Morgan fingerprint density at radius 2 is 1.70 bits per heavy atom.